The van der Waals surface area contributed by atoms with E-state index in [1.807, 2.05) is 48.5 Å². The lowest BCUT2D eigenvalue weighted by atomic mass is 9.88. The summed E-state index contributed by atoms with van der Waals surface area (Å²) in [5, 5.41) is 6.05. The van der Waals surface area contributed by atoms with Gasteiger partial charge in [-0.2, -0.15) is 0 Å². The Balaban J connectivity index is 1.17. The molecule has 2 aliphatic rings. The molecule has 1 aromatic heterocycles. The Morgan fingerprint density at radius 2 is 1.47 bits per heavy atom. The van der Waals surface area contributed by atoms with E-state index >= 15 is 4.79 Å². The van der Waals surface area contributed by atoms with Crippen LogP contribution >= 0.6 is 0 Å². The Hall–Kier alpha value is -7.07. The highest BCUT2D eigenvalue weighted by Crippen LogP contribution is 2.44. The first-order valence-corrected chi connectivity index (χ1v) is 23.4. The molecule has 5 aromatic rings. The maximum absolute atomic E-state index is 15.0. The number of Topliss-reactive ketones (excluding diaryl/α,β-unsaturated/α-hetero) is 1. The molecular formula is C54H61FN4O11. The van der Waals surface area contributed by atoms with Crippen molar-refractivity contribution in [2.24, 2.45) is 5.92 Å². The third-order valence-corrected chi connectivity index (χ3v) is 12.2. The lowest BCUT2D eigenvalue weighted by Crippen LogP contribution is -2.50. The van der Waals surface area contributed by atoms with E-state index in [0.29, 0.717) is 27.6 Å². The average molecular weight is 961 g/mol. The van der Waals surface area contributed by atoms with Crippen molar-refractivity contribution in [2.75, 3.05) is 26.9 Å². The van der Waals surface area contributed by atoms with Crippen LogP contribution in [-0.4, -0.2) is 102 Å². The predicted octanol–water partition coefficient (Wildman–Crippen LogP) is 8.10. The average Bonchev–Trinajstić information content (AvgIpc) is 4.01. The summed E-state index contributed by atoms with van der Waals surface area (Å²) in [5.74, 6) is -4.47. The minimum absolute atomic E-state index is 0.0220. The van der Waals surface area contributed by atoms with E-state index in [-0.39, 0.29) is 44.9 Å². The lowest BCUT2D eigenvalue weighted by molar-refractivity contribution is -0.166. The number of H-pyrrole nitrogens is 1. The van der Waals surface area contributed by atoms with Gasteiger partial charge in [0.2, 0.25) is 5.91 Å². The van der Waals surface area contributed by atoms with Gasteiger partial charge < -0.3 is 44.2 Å². The first-order valence-electron chi connectivity index (χ1n) is 23.4. The number of carbonyl (C=O) groups excluding carboxylic acids is 6. The van der Waals surface area contributed by atoms with Crippen molar-refractivity contribution < 1.29 is 56.8 Å². The molecule has 1 fully saturated rings. The third kappa shape index (κ3) is 12.8. The summed E-state index contributed by atoms with van der Waals surface area (Å²) in [6.07, 6.45) is -1.11. The van der Waals surface area contributed by atoms with Crippen molar-refractivity contribution in [3.05, 3.63) is 131 Å². The zero-order valence-electron chi connectivity index (χ0n) is 40.6. The number of nitrogens with zero attached hydrogens (tertiary/aromatic N) is 1. The van der Waals surface area contributed by atoms with Gasteiger partial charge in [-0.15, -0.1) is 0 Å². The zero-order valence-corrected chi connectivity index (χ0v) is 40.6. The highest BCUT2D eigenvalue weighted by molar-refractivity contribution is 5.94. The zero-order chi connectivity index (χ0) is 50.3. The van der Waals surface area contributed by atoms with Crippen LogP contribution in [0, 0.1) is 11.7 Å². The van der Waals surface area contributed by atoms with Gasteiger partial charge in [-0.3, -0.25) is 9.59 Å². The maximum Gasteiger partial charge on any atom is 0.407 e. The second kappa shape index (κ2) is 21.7. The number of carbonyl (C=O) groups is 6. The fraction of sp³-hybridized carbons (Fsp3) is 0.407. The summed E-state index contributed by atoms with van der Waals surface area (Å²) >= 11 is 0. The molecule has 0 radical (unpaired) electrons. The SMILES string of the molecule is COC(=O)[C@@H]1[C@@H](OCC(=O)OC(C)(C)C)CCN1C(=O)[C@@H](CC(=O)[C@H](Cc1cccc(CNC(=O)OC(C)(C)C)c1)NC(=O)OCC1c2ccccc2-c2ccccc21)Cc1c[nH]c2ccc(F)cc12. The number of nitrogens with one attached hydrogen (secondary N) is 3. The number of amides is 3. The number of rotatable bonds is 17. The number of benzene rings is 4. The fourth-order valence-corrected chi connectivity index (χ4v) is 9.20. The number of esters is 2. The number of alkyl carbamates (subject to hydrolysis) is 2. The van der Waals surface area contributed by atoms with Crippen molar-refractivity contribution in [3.8, 4) is 11.1 Å². The molecule has 4 atom stereocenters. The number of fused-ring (bicyclic) bond motifs is 4. The van der Waals surface area contributed by atoms with Crippen LogP contribution in [-0.2, 0) is 62.2 Å². The third-order valence-electron chi connectivity index (χ3n) is 12.2. The summed E-state index contributed by atoms with van der Waals surface area (Å²) in [6, 6.07) is 24.7. The Kier molecular flexibility index (Phi) is 15.7. The van der Waals surface area contributed by atoms with E-state index in [1.54, 1.807) is 78.1 Å². The number of likely N-dealkylation sites (tertiary alicyclic amines) is 1. The molecule has 1 aliphatic heterocycles. The Labute approximate surface area is 406 Å². The second-order valence-electron chi connectivity index (χ2n) is 19.7. The normalized spacial score (nSPS) is 16.4. The molecule has 0 saturated carbocycles. The molecule has 3 N–H and O–H groups in total. The molecular weight excluding hydrogens is 900 g/mol. The number of ketones is 1. The number of methoxy groups -OCH3 is 1. The van der Waals surface area contributed by atoms with Crippen molar-refractivity contribution in [2.45, 2.75) is 109 Å². The molecule has 3 amide bonds. The molecule has 4 aromatic carbocycles. The van der Waals surface area contributed by atoms with Crippen molar-refractivity contribution in [1.29, 1.82) is 0 Å². The quantitative estimate of drug-likeness (QED) is 0.0603. The van der Waals surface area contributed by atoms with Gasteiger partial charge in [-0.25, -0.2) is 23.6 Å². The van der Waals surface area contributed by atoms with Crippen LogP contribution in [0.15, 0.2) is 97.2 Å². The molecule has 16 heteroatoms. The molecule has 0 bridgehead atoms. The maximum atomic E-state index is 15.0. The monoisotopic (exact) mass is 960 g/mol. The molecule has 0 unspecified atom stereocenters. The van der Waals surface area contributed by atoms with Crippen LogP contribution in [0.3, 0.4) is 0 Å². The van der Waals surface area contributed by atoms with Gasteiger partial charge in [0.05, 0.1) is 19.3 Å². The van der Waals surface area contributed by atoms with Gasteiger partial charge in [0.15, 0.2) is 11.8 Å². The summed E-state index contributed by atoms with van der Waals surface area (Å²) in [5.41, 5.74) is 5.07. The van der Waals surface area contributed by atoms with Gasteiger partial charge in [-0.1, -0.05) is 72.8 Å². The van der Waals surface area contributed by atoms with E-state index in [9.17, 15) is 28.4 Å². The lowest BCUT2D eigenvalue weighted by Gasteiger charge is -2.30. The van der Waals surface area contributed by atoms with Gasteiger partial charge in [0.1, 0.15) is 30.2 Å². The Morgan fingerprint density at radius 1 is 0.800 bits per heavy atom. The summed E-state index contributed by atoms with van der Waals surface area (Å²) in [4.78, 5) is 87.0. The largest absolute Gasteiger partial charge is 0.467 e. The van der Waals surface area contributed by atoms with Crippen LogP contribution in [0.1, 0.15) is 88.1 Å². The first-order chi connectivity index (χ1) is 33.3. The van der Waals surface area contributed by atoms with Crippen molar-refractivity contribution in [1.82, 2.24) is 20.5 Å². The second-order valence-corrected chi connectivity index (χ2v) is 19.7. The molecule has 1 saturated heterocycles. The van der Waals surface area contributed by atoms with E-state index in [2.05, 4.69) is 15.6 Å². The highest BCUT2D eigenvalue weighted by atomic mass is 19.1. The van der Waals surface area contributed by atoms with Crippen molar-refractivity contribution >= 4 is 46.7 Å². The number of aromatic nitrogens is 1. The molecule has 70 heavy (non-hydrogen) atoms. The Bertz CT molecular complexity index is 2690. The highest BCUT2D eigenvalue weighted by Gasteiger charge is 2.46. The van der Waals surface area contributed by atoms with Gasteiger partial charge in [0.25, 0.3) is 0 Å². The number of ether oxygens (including phenoxy) is 5. The molecule has 15 nitrogen and oxygen atoms in total. The smallest absolute Gasteiger partial charge is 0.407 e. The first kappa shape index (κ1) is 50.8. The summed E-state index contributed by atoms with van der Waals surface area (Å²) in [6.45, 7) is 10.0. The molecule has 370 valence electrons. The van der Waals surface area contributed by atoms with Gasteiger partial charge in [-0.05, 0) is 118 Å². The molecule has 0 spiro atoms. The number of hydrogen-bond acceptors (Lipinski definition) is 11. The van der Waals surface area contributed by atoms with E-state index in [0.717, 1.165) is 22.3 Å². The van der Waals surface area contributed by atoms with E-state index in [1.165, 1.54) is 24.1 Å². The van der Waals surface area contributed by atoms with Gasteiger partial charge >= 0.3 is 24.1 Å². The number of aromatic amines is 1. The van der Waals surface area contributed by atoms with Crippen LogP contribution in [0.5, 0.6) is 0 Å². The van der Waals surface area contributed by atoms with E-state index in [4.69, 9.17) is 23.7 Å². The Morgan fingerprint density at radius 3 is 2.14 bits per heavy atom. The van der Waals surface area contributed by atoms with Crippen LogP contribution < -0.4 is 10.6 Å². The van der Waals surface area contributed by atoms with E-state index < -0.39 is 90.0 Å². The number of halogens is 1. The molecule has 2 heterocycles. The fourth-order valence-electron chi connectivity index (χ4n) is 9.20. The number of hydrogen-bond donors (Lipinski definition) is 3. The predicted molar refractivity (Wildman–Crippen MR) is 258 cm³/mol. The van der Waals surface area contributed by atoms with Crippen molar-refractivity contribution in [3.63, 3.8) is 0 Å². The molecule has 1 aliphatic carbocycles. The minimum Gasteiger partial charge on any atom is -0.467 e. The summed E-state index contributed by atoms with van der Waals surface area (Å²) in [7, 11) is 1.18. The minimum atomic E-state index is -1.27. The van der Waals surface area contributed by atoms with Crippen LogP contribution in [0.25, 0.3) is 22.0 Å². The van der Waals surface area contributed by atoms with Crippen LogP contribution in [0.2, 0.25) is 0 Å². The topological polar surface area (TPSA) is 192 Å². The van der Waals surface area contributed by atoms with Crippen LogP contribution in [0.4, 0.5) is 14.0 Å². The summed E-state index contributed by atoms with van der Waals surface area (Å²) < 4.78 is 42.4. The standard InChI is InChI=1S/C54H61FN4O11/c1-53(2,3)69-47(61)31-67-46-21-22-59(48(46)50(63)66-7)49(62)34(25-35-29-56-43-20-19-36(55)27-41(35)43)26-45(60)44(24-32-13-12-14-33(23-32)28-57-51(64)70-54(4,5)6)58-52(65)68-30-42-39-17-10-8-15-37(39)38-16-9-11-18-40(38)42/h8-20,23,27,29,34,42,44,46,48,56H,21-22,24-26,28,30-31H2,1-7H3,(H,57,64)(H,58,65)/t34-,44+,46+,48+/m1/s1. The van der Waals surface area contributed by atoms with Gasteiger partial charge in [0, 0.05) is 48.4 Å². The molecule has 7 rings (SSSR count).